The molecule has 0 spiro atoms. The number of benzene rings is 9. The molecule has 224 valence electrons. The molecule has 1 heterocycles. The van der Waals surface area contributed by atoms with Crippen LogP contribution in [-0.2, 0) is 0 Å². The molecule has 1 aromatic heterocycles. The summed E-state index contributed by atoms with van der Waals surface area (Å²) in [5.74, 6) is 0. The van der Waals surface area contributed by atoms with Crippen LogP contribution in [-0.4, -0.2) is 0 Å². The van der Waals surface area contributed by atoms with E-state index in [4.69, 9.17) is 0 Å². The Morgan fingerprint density at radius 3 is 1.75 bits per heavy atom. The van der Waals surface area contributed by atoms with Crippen LogP contribution in [0.25, 0.3) is 74.4 Å². The first-order valence-electron chi connectivity index (χ1n) is 16.4. The van der Waals surface area contributed by atoms with E-state index < -0.39 is 0 Å². The normalized spacial score (nSPS) is 11.8. The number of rotatable bonds is 4. The van der Waals surface area contributed by atoms with E-state index in [2.05, 4.69) is 181 Å². The smallest absolute Gasteiger partial charge is 0.0554 e. The van der Waals surface area contributed by atoms with Crippen LogP contribution in [0, 0.1) is 0 Å². The van der Waals surface area contributed by atoms with E-state index in [1.165, 1.54) is 80.1 Å². The Kier molecular flexibility index (Phi) is 6.12. The molecule has 0 aliphatic heterocycles. The zero-order valence-electron chi connectivity index (χ0n) is 26.1. The molecule has 10 rings (SSSR count). The first-order valence-corrected chi connectivity index (χ1v) is 17.3. The van der Waals surface area contributed by atoms with Crippen LogP contribution in [0.2, 0.25) is 0 Å². The third kappa shape index (κ3) is 4.17. The average Bonchev–Trinajstić information content (AvgIpc) is 3.55. The third-order valence-electron chi connectivity index (χ3n) is 9.81. The van der Waals surface area contributed by atoms with E-state index in [0.29, 0.717) is 0 Å². The van der Waals surface area contributed by atoms with Gasteiger partial charge in [-0.25, -0.2) is 0 Å². The van der Waals surface area contributed by atoms with E-state index in [0.717, 1.165) is 11.4 Å². The molecule has 0 N–H and O–H groups in total. The number of fused-ring (bicyclic) bond motifs is 10. The largest absolute Gasteiger partial charge is 0.310 e. The van der Waals surface area contributed by atoms with Crippen LogP contribution < -0.4 is 4.90 Å². The third-order valence-corrected chi connectivity index (χ3v) is 11.0. The zero-order chi connectivity index (χ0) is 31.6. The van der Waals surface area contributed by atoms with Gasteiger partial charge in [-0.15, -0.1) is 11.3 Å². The first-order chi connectivity index (χ1) is 23.8. The number of hydrogen-bond donors (Lipinski definition) is 0. The molecule has 0 radical (unpaired) electrons. The van der Waals surface area contributed by atoms with Gasteiger partial charge in [-0.2, -0.15) is 0 Å². The molecule has 0 amide bonds. The fourth-order valence-corrected chi connectivity index (χ4v) is 8.88. The first kappa shape index (κ1) is 27.2. The van der Waals surface area contributed by atoms with Gasteiger partial charge in [0.25, 0.3) is 0 Å². The second-order valence-corrected chi connectivity index (χ2v) is 13.5. The van der Waals surface area contributed by atoms with Crippen molar-refractivity contribution in [3.63, 3.8) is 0 Å². The van der Waals surface area contributed by atoms with E-state index in [1.54, 1.807) is 0 Å². The van der Waals surface area contributed by atoms with Gasteiger partial charge >= 0.3 is 0 Å². The molecule has 0 bridgehead atoms. The maximum absolute atomic E-state index is 2.42. The fourth-order valence-electron chi connectivity index (χ4n) is 7.62. The molecule has 9 aromatic carbocycles. The summed E-state index contributed by atoms with van der Waals surface area (Å²) in [5, 5.41) is 12.9. The predicted molar refractivity (Wildman–Crippen MR) is 209 cm³/mol. The predicted octanol–water partition coefficient (Wildman–Crippen LogP) is 13.8. The fraction of sp³-hybridized carbons (Fsp3) is 0. The van der Waals surface area contributed by atoms with Gasteiger partial charge in [0.1, 0.15) is 0 Å². The quantitative estimate of drug-likeness (QED) is 0.176. The number of anilines is 3. The van der Waals surface area contributed by atoms with E-state index in [-0.39, 0.29) is 0 Å². The Bertz CT molecular complexity index is 2810. The number of thiophene rings is 1. The molecule has 10 aromatic rings. The maximum Gasteiger partial charge on any atom is 0.0554 e. The Morgan fingerprint density at radius 2 is 0.979 bits per heavy atom. The van der Waals surface area contributed by atoms with Crippen LogP contribution in [0.15, 0.2) is 176 Å². The molecule has 48 heavy (non-hydrogen) atoms. The summed E-state index contributed by atoms with van der Waals surface area (Å²) < 4.78 is 2.64. The molecule has 0 fully saturated rings. The van der Waals surface area contributed by atoms with Gasteiger partial charge in [-0.05, 0) is 96.7 Å². The van der Waals surface area contributed by atoms with Gasteiger partial charge in [0.05, 0.1) is 5.69 Å². The highest BCUT2D eigenvalue weighted by molar-refractivity contribution is 7.26. The molecule has 0 aliphatic rings. The molecule has 0 atom stereocenters. The Morgan fingerprint density at radius 1 is 0.375 bits per heavy atom. The highest BCUT2D eigenvalue weighted by Gasteiger charge is 2.20. The zero-order valence-corrected chi connectivity index (χ0v) is 26.9. The summed E-state index contributed by atoms with van der Waals surface area (Å²) in [6.07, 6.45) is 0. The van der Waals surface area contributed by atoms with Crippen LogP contribution in [0.4, 0.5) is 17.1 Å². The summed E-state index contributed by atoms with van der Waals surface area (Å²) >= 11 is 1.89. The van der Waals surface area contributed by atoms with Crippen LogP contribution in [0.5, 0.6) is 0 Å². The van der Waals surface area contributed by atoms with Crippen molar-refractivity contribution in [2.24, 2.45) is 0 Å². The molecule has 1 nitrogen and oxygen atoms in total. The minimum absolute atomic E-state index is 1.13. The van der Waals surface area contributed by atoms with Gasteiger partial charge in [-0.3, -0.25) is 0 Å². The molecular formula is C46H29NS. The van der Waals surface area contributed by atoms with Gasteiger partial charge in [-0.1, -0.05) is 133 Å². The SMILES string of the molecule is c1ccc(N(c2ccc(-c3cc4ccccc4c4c3ccc3ccccc34)cc2)c2cccc3sc4c5ccccc5ccc4c23)cc1. The lowest BCUT2D eigenvalue weighted by Gasteiger charge is -2.26. The molecule has 0 saturated carbocycles. The lowest BCUT2D eigenvalue weighted by atomic mass is 9.90. The maximum atomic E-state index is 2.42. The average molecular weight is 628 g/mol. The van der Waals surface area contributed by atoms with Gasteiger partial charge < -0.3 is 4.90 Å². The van der Waals surface area contributed by atoms with Crippen molar-refractivity contribution in [1.82, 2.24) is 0 Å². The van der Waals surface area contributed by atoms with Crippen LogP contribution >= 0.6 is 11.3 Å². The minimum Gasteiger partial charge on any atom is -0.310 e. The van der Waals surface area contributed by atoms with E-state index in [1.807, 2.05) is 11.3 Å². The van der Waals surface area contributed by atoms with Gasteiger partial charge in [0.2, 0.25) is 0 Å². The lowest BCUT2D eigenvalue weighted by molar-refractivity contribution is 1.30. The molecule has 2 heteroatoms. The molecule has 0 aliphatic carbocycles. The summed E-state index contributed by atoms with van der Waals surface area (Å²) in [6, 6.07) is 64.4. The standard InChI is InChI=1S/C46H29NS/c1-2-14-34(15-3-1)47(42-19-10-20-43-45(42)40-28-24-31-12-5-9-18-38(31)46(40)48-43)35-25-21-32(22-26-35)41-29-33-13-6-8-17-37(33)44-36-16-7-4-11-30(36)23-27-39(41)44/h1-29H. The van der Waals surface area contributed by atoms with Crippen LogP contribution in [0.1, 0.15) is 0 Å². The summed E-state index contributed by atoms with van der Waals surface area (Å²) in [4.78, 5) is 2.42. The van der Waals surface area contributed by atoms with E-state index >= 15 is 0 Å². The highest BCUT2D eigenvalue weighted by Crippen LogP contribution is 2.47. The monoisotopic (exact) mass is 627 g/mol. The molecule has 0 saturated heterocycles. The van der Waals surface area contributed by atoms with Crippen molar-refractivity contribution in [1.29, 1.82) is 0 Å². The summed E-state index contributed by atoms with van der Waals surface area (Å²) in [5.41, 5.74) is 5.93. The second kappa shape index (κ2) is 10.8. The van der Waals surface area contributed by atoms with E-state index in [9.17, 15) is 0 Å². The van der Waals surface area contributed by atoms with Crippen LogP contribution in [0.3, 0.4) is 0 Å². The topological polar surface area (TPSA) is 3.24 Å². The van der Waals surface area contributed by atoms with Gasteiger partial charge in [0, 0.05) is 31.5 Å². The van der Waals surface area contributed by atoms with Crippen molar-refractivity contribution < 1.29 is 0 Å². The van der Waals surface area contributed by atoms with Gasteiger partial charge in [0.15, 0.2) is 0 Å². The Hall–Kier alpha value is -5.96. The molecular weight excluding hydrogens is 599 g/mol. The van der Waals surface area contributed by atoms with Crippen molar-refractivity contribution in [3.8, 4) is 11.1 Å². The summed E-state index contributed by atoms with van der Waals surface area (Å²) in [6.45, 7) is 0. The van der Waals surface area contributed by atoms with Crippen molar-refractivity contribution in [3.05, 3.63) is 176 Å². The number of nitrogens with zero attached hydrogens (tertiary/aromatic N) is 1. The summed E-state index contributed by atoms with van der Waals surface area (Å²) in [7, 11) is 0. The van der Waals surface area contributed by atoms with Crippen molar-refractivity contribution in [2.75, 3.05) is 4.90 Å². The Labute approximate surface area is 282 Å². The number of para-hydroxylation sites is 1. The lowest BCUT2D eigenvalue weighted by Crippen LogP contribution is -2.10. The highest BCUT2D eigenvalue weighted by atomic mass is 32.1. The number of hydrogen-bond acceptors (Lipinski definition) is 2. The van der Waals surface area contributed by atoms with Crippen molar-refractivity contribution >= 4 is 91.7 Å². The molecule has 0 unspecified atom stereocenters. The second-order valence-electron chi connectivity index (χ2n) is 12.5. The minimum atomic E-state index is 1.13. The van der Waals surface area contributed by atoms with Crippen molar-refractivity contribution in [2.45, 2.75) is 0 Å². The Balaban J connectivity index is 1.18.